The molecule has 1 unspecified atom stereocenters. The van der Waals surface area contributed by atoms with Gasteiger partial charge in [0.1, 0.15) is 0 Å². The zero-order chi connectivity index (χ0) is 21.7. The first kappa shape index (κ1) is 22.1. The molecule has 2 amide bonds. The van der Waals surface area contributed by atoms with E-state index in [1.54, 1.807) is 25.1 Å². The van der Waals surface area contributed by atoms with Crippen LogP contribution in [0.3, 0.4) is 0 Å². The minimum absolute atomic E-state index is 0.0355. The summed E-state index contributed by atoms with van der Waals surface area (Å²) in [6, 6.07) is 13.6. The normalized spacial score (nSPS) is 14.9. The molecule has 2 N–H and O–H groups in total. The summed E-state index contributed by atoms with van der Waals surface area (Å²) in [6.07, 6.45) is 2.30. The Hall–Kier alpha value is -2.57. The summed E-state index contributed by atoms with van der Waals surface area (Å²) in [7, 11) is 4.01. The van der Waals surface area contributed by atoms with Crippen molar-refractivity contribution >= 4 is 34.8 Å². The Labute approximate surface area is 183 Å². The van der Waals surface area contributed by atoms with Crippen LogP contribution >= 0.6 is 11.6 Å². The number of nitrogens with zero attached hydrogens (tertiary/aromatic N) is 2. The van der Waals surface area contributed by atoms with Gasteiger partial charge in [-0.2, -0.15) is 0 Å². The molecule has 0 radical (unpaired) electrons. The van der Waals surface area contributed by atoms with Crippen molar-refractivity contribution in [2.24, 2.45) is 0 Å². The highest BCUT2D eigenvalue weighted by molar-refractivity contribution is 6.40. The van der Waals surface area contributed by atoms with Crippen molar-refractivity contribution in [3.8, 4) is 0 Å². The van der Waals surface area contributed by atoms with E-state index in [4.69, 9.17) is 11.6 Å². The van der Waals surface area contributed by atoms with E-state index in [1.165, 1.54) is 0 Å². The van der Waals surface area contributed by atoms with Crippen LogP contribution in [0.2, 0.25) is 5.02 Å². The van der Waals surface area contributed by atoms with E-state index in [2.05, 4.69) is 44.7 Å². The van der Waals surface area contributed by atoms with Crippen molar-refractivity contribution in [3.05, 3.63) is 58.6 Å². The molecule has 1 saturated heterocycles. The average molecular weight is 429 g/mol. The maximum Gasteiger partial charge on any atom is 0.313 e. The number of hydrogen-bond donors (Lipinski definition) is 2. The minimum Gasteiger partial charge on any atom is -0.378 e. The monoisotopic (exact) mass is 428 g/mol. The summed E-state index contributed by atoms with van der Waals surface area (Å²) in [5.74, 6) is -1.34. The highest BCUT2D eigenvalue weighted by atomic mass is 35.5. The molecule has 2 aromatic carbocycles. The van der Waals surface area contributed by atoms with Crippen LogP contribution in [-0.2, 0) is 9.59 Å². The smallest absolute Gasteiger partial charge is 0.313 e. The molecular formula is C23H29ClN4O2. The zero-order valence-electron chi connectivity index (χ0n) is 17.7. The molecule has 0 bridgehead atoms. The van der Waals surface area contributed by atoms with Gasteiger partial charge in [-0.05, 0) is 68.2 Å². The van der Waals surface area contributed by atoms with Gasteiger partial charge in [0.05, 0.1) is 6.04 Å². The fourth-order valence-corrected chi connectivity index (χ4v) is 3.87. The fourth-order valence-electron chi connectivity index (χ4n) is 3.70. The van der Waals surface area contributed by atoms with E-state index in [0.717, 1.165) is 42.7 Å². The third-order valence-corrected chi connectivity index (χ3v) is 5.96. The lowest BCUT2D eigenvalue weighted by molar-refractivity contribution is -0.136. The molecule has 0 spiro atoms. The Kier molecular flexibility index (Phi) is 7.34. The van der Waals surface area contributed by atoms with Crippen molar-refractivity contribution < 1.29 is 9.59 Å². The molecule has 3 rings (SSSR count). The minimum atomic E-state index is -0.691. The van der Waals surface area contributed by atoms with Crippen molar-refractivity contribution in [1.82, 2.24) is 10.2 Å². The molecule has 1 fully saturated rings. The molecule has 2 aromatic rings. The second-order valence-corrected chi connectivity index (χ2v) is 8.23. The number of carbonyl (C=O) groups is 2. The van der Waals surface area contributed by atoms with Gasteiger partial charge < -0.3 is 15.5 Å². The molecule has 1 aliphatic rings. The molecule has 0 aliphatic carbocycles. The predicted molar refractivity (Wildman–Crippen MR) is 122 cm³/mol. The molecule has 0 saturated carbocycles. The number of halogens is 1. The number of amides is 2. The van der Waals surface area contributed by atoms with Crippen LogP contribution in [-0.4, -0.2) is 50.4 Å². The lowest BCUT2D eigenvalue weighted by atomic mass is 10.0. The molecular weight excluding hydrogens is 400 g/mol. The number of anilines is 2. The number of rotatable bonds is 6. The van der Waals surface area contributed by atoms with E-state index in [1.807, 2.05) is 14.1 Å². The Bertz CT molecular complexity index is 893. The van der Waals surface area contributed by atoms with Gasteiger partial charge in [0.15, 0.2) is 0 Å². The van der Waals surface area contributed by atoms with Crippen molar-refractivity contribution in [2.75, 3.05) is 43.9 Å². The second kappa shape index (κ2) is 9.96. The molecule has 6 nitrogen and oxygen atoms in total. The van der Waals surface area contributed by atoms with Crippen LogP contribution in [0.1, 0.15) is 30.0 Å². The molecule has 160 valence electrons. The second-order valence-electron chi connectivity index (χ2n) is 7.82. The van der Waals surface area contributed by atoms with Crippen molar-refractivity contribution in [3.63, 3.8) is 0 Å². The number of carbonyl (C=O) groups excluding carboxylic acids is 2. The highest BCUT2D eigenvalue weighted by Crippen LogP contribution is 2.26. The van der Waals surface area contributed by atoms with Gasteiger partial charge in [0.2, 0.25) is 0 Å². The first-order valence-electron chi connectivity index (χ1n) is 10.2. The Morgan fingerprint density at radius 1 is 1.07 bits per heavy atom. The Morgan fingerprint density at radius 2 is 1.73 bits per heavy atom. The van der Waals surface area contributed by atoms with Crippen LogP contribution in [0.15, 0.2) is 42.5 Å². The summed E-state index contributed by atoms with van der Waals surface area (Å²) >= 11 is 6.09. The molecule has 7 heteroatoms. The average Bonchev–Trinajstić information content (AvgIpc) is 3.26. The predicted octanol–water partition coefficient (Wildman–Crippen LogP) is 3.61. The third kappa shape index (κ3) is 5.32. The van der Waals surface area contributed by atoms with Gasteiger partial charge in [0, 0.05) is 37.0 Å². The molecule has 0 aromatic heterocycles. The van der Waals surface area contributed by atoms with Gasteiger partial charge in [-0.25, -0.2) is 0 Å². The zero-order valence-corrected chi connectivity index (χ0v) is 18.5. The third-order valence-electron chi connectivity index (χ3n) is 5.55. The highest BCUT2D eigenvalue weighted by Gasteiger charge is 2.25. The first-order chi connectivity index (χ1) is 14.4. The van der Waals surface area contributed by atoms with E-state index < -0.39 is 11.8 Å². The summed E-state index contributed by atoms with van der Waals surface area (Å²) < 4.78 is 0. The number of likely N-dealkylation sites (tertiary alicyclic amines) is 1. The van der Waals surface area contributed by atoms with Gasteiger partial charge in [-0.1, -0.05) is 29.8 Å². The Morgan fingerprint density at radius 3 is 2.37 bits per heavy atom. The van der Waals surface area contributed by atoms with Crippen LogP contribution in [0.25, 0.3) is 0 Å². The summed E-state index contributed by atoms with van der Waals surface area (Å²) in [6.45, 7) is 4.16. The summed E-state index contributed by atoms with van der Waals surface area (Å²) in [4.78, 5) is 29.3. The SMILES string of the molecule is Cc1c(Cl)cccc1NC(=O)C(=O)NCC(c1ccc(N(C)C)cc1)N1CCCC1. The molecule has 1 aliphatic heterocycles. The van der Waals surface area contributed by atoms with E-state index in [-0.39, 0.29) is 6.04 Å². The van der Waals surface area contributed by atoms with E-state index in [9.17, 15) is 9.59 Å². The van der Waals surface area contributed by atoms with Gasteiger partial charge in [0.25, 0.3) is 0 Å². The fraction of sp³-hybridized carbons (Fsp3) is 0.391. The van der Waals surface area contributed by atoms with Crippen molar-refractivity contribution in [2.45, 2.75) is 25.8 Å². The molecule has 1 heterocycles. The number of benzene rings is 2. The van der Waals surface area contributed by atoms with E-state index in [0.29, 0.717) is 17.3 Å². The number of nitrogens with one attached hydrogen (secondary N) is 2. The lowest BCUT2D eigenvalue weighted by Crippen LogP contribution is -2.41. The molecule has 1 atom stereocenters. The van der Waals surface area contributed by atoms with Gasteiger partial charge >= 0.3 is 11.8 Å². The van der Waals surface area contributed by atoms with Gasteiger partial charge in [-0.15, -0.1) is 0 Å². The Balaban J connectivity index is 1.66. The van der Waals surface area contributed by atoms with E-state index >= 15 is 0 Å². The van der Waals surface area contributed by atoms with Crippen LogP contribution < -0.4 is 15.5 Å². The molecule has 30 heavy (non-hydrogen) atoms. The topological polar surface area (TPSA) is 64.7 Å². The standard InChI is InChI=1S/C23H29ClN4O2/c1-16-19(24)7-6-8-20(16)26-23(30)22(29)25-15-21(28-13-4-5-14-28)17-9-11-18(12-10-17)27(2)3/h6-12,21H,4-5,13-15H2,1-3H3,(H,25,29)(H,26,30). The van der Waals surface area contributed by atoms with Gasteiger partial charge in [-0.3, -0.25) is 14.5 Å². The summed E-state index contributed by atoms with van der Waals surface area (Å²) in [5, 5.41) is 6.01. The quantitative estimate of drug-likeness (QED) is 0.690. The first-order valence-corrected chi connectivity index (χ1v) is 10.6. The van der Waals surface area contributed by atoms with Crippen molar-refractivity contribution in [1.29, 1.82) is 0 Å². The largest absolute Gasteiger partial charge is 0.378 e. The maximum atomic E-state index is 12.5. The maximum absolute atomic E-state index is 12.5. The summed E-state index contributed by atoms with van der Waals surface area (Å²) in [5.41, 5.74) is 3.53. The van der Waals surface area contributed by atoms with Crippen LogP contribution in [0.4, 0.5) is 11.4 Å². The lowest BCUT2D eigenvalue weighted by Gasteiger charge is -2.28. The van der Waals surface area contributed by atoms with Crippen LogP contribution in [0.5, 0.6) is 0 Å². The number of hydrogen-bond acceptors (Lipinski definition) is 4. The van der Waals surface area contributed by atoms with Crippen LogP contribution in [0, 0.1) is 6.92 Å².